The third-order valence-corrected chi connectivity index (χ3v) is 6.57. The van der Waals surface area contributed by atoms with Crippen molar-refractivity contribution >= 4 is 5.91 Å². The Balaban J connectivity index is 1.47. The number of fused-ring (bicyclic) bond motifs is 1. The monoisotopic (exact) mass is 440 g/mol. The molecule has 4 rings (SSSR count). The number of nitrogens with zero attached hydrogens (tertiary/aromatic N) is 2. The molecule has 0 radical (unpaired) electrons. The Kier molecular flexibility index (Phi) is 6.74. The van der Waals surface area contributed by atoms with E-state index in [4.69, 9.17) is 18.9 Å². The maximum atomic E-state index is 13.3. The van der Waals surface area contributed by atoms with Crippen LogP contribution < -0.4 is 18.9 Å². The number of rotatable bonds is 7. The van der Waals surface area contributed by atoms with Crippen molar-refractivity contribution < 1.29 is 23.7 Å². The molecule has 1 saturated heterocycles. The summed E-state index contributed by atoms with van der Waals surface area (Å²) in [6.07, 6.45) is 2.89. The maximum Gasteiger partial charge on any atom is 0.237 e. The Morgan fingerprint density at radius 2 is 1.62 bits per heavy atom. The molecule has 0 N–H and O–H groups in total. The molecule has 0 spiro atoms. The second-order valence-electron chi connectivity index (χ2n) is 8.28. The SMILES string of the molecule is COc1ccc([C@H]2CCCN2CC(=O)N2CCc3cc(OC)c(OC)cc3C2)c(OC)c1. The van der Waals surface area contributed by atoms with E-state index in [0.717, 1.165) is 54.2 Å². The number of methoxy groups -OCH3 is 4. The van der Waals surface area contributed by atoms with Gasteiger partial charge in [0.1, 0.15) is 11.5 Å². The summed E-state index contributed by atoms with van der Waals surface area (Å²) in [6, 6.07) is 10.1. The van der Waals surface area contributed by atoms with Crippen molar-refractivity contribution in [3.8, 4) is 23.0 Å². The van der Waals surface area contributed by atoms with Gasteiger partial charge in [0.2, 0.25) is 5.91 Å². The molecular formula is C25H32N2O5. The summed E-state index contributed by atoms with van der Waals surface area (Å²) in [6.45, 7) is 2.62. The molecule has 1 fully saturated rings. The van der Waals surface area contributed by atoms with Crippen LogP contribution in [0.15, 0.2) is 30.3 Å². The minimum absolute atomic E-state index is 0.157. The normalized spacial score (nSPS) is 18.2. The van der Waals surface area contributed by atoms with Crippen LogP contribution in [0.5, 0.6) is 23.0 Å². The van der Waals surface area contributed by atoms with Gasteiger partial charge in [-0.05, 0) is 55.1 Å². The van der Waals surface area contributed by atoms with Gasteiger partial charge in [-0.1, -0.05) is 6.07 Å². The van der Waals surface area contributed by atoms with Crippen LogP contribution in [-0.4, -0.2) is 63.8 Å². The van der Waals surface area contributed by atoms with Gasteiger partial charge in [0.05, 0.1) is 35.0 Å². The van der Waals surface area contributed by atoms with Gasteiger partial charge in [-0.2, -0.15) is 0 Å². The zero-order valence-electron chi connectivity index (χ0n) is 19.3. The summed E-state index contributed by atoms with van der Waals surface area (Å²) < 4.78 is 21.8. The van der Waals surface area contributed by atoms with Gasteiger partial charge < -0.3 is 23.8 Å². The molecule has 1 amide bonds. The van der Waals surface area contributed by atoms with Gasteiger partial charge in [0, 0.05) is 30.8 Å². The van der Waals surface area contributed by atoms with Crippen LogP contribution in [0, 0.1) is 0 Å². The number of carbonyl (C=O) groups excluding carboxylic acids is 1. The summed E-state index contributed by atoms with van der Waals surface area (Å²) in [7, 11) is 6.61. The van der Waals surface area contributed by atoms with Crippen LogP contribution in [0.2, 0.25) is 0 Å². The number of hydrogen-bond acceptors (Lipinski definition) is 6. The smallest absolute Gasteiger partial charge is 0.237 e. The van der Waals surface area contributed by atoms with Crippen molar-refractivity contribution in [2.24, 2.45) is 0 Å². The zero-order valence-corrected chi connectivity index (χ0v) is 19.3. The summed E-state index contributed by atoms with van der Waals surface area (Å²) in [4.78, 5) is 17.5. The molecular weight excluding hydrogens is 408 g/mol. The van der Waals surface area contributed by atoms with Crippen LogP contribution in [0.3, 0.4) is 0 Å². The lowest BCUT2D eigenvalue weighted by atomic mass is 9.98. The second-order valence-corrected chi connectivity index (χ2v) is 8.28. The molecule has 172 valence electrons. The number of likely N-dealkylation sites (tertiary alicyclic amines) is 1. The van der Waals surface area contributed by atoms with Gasteiger partial charge >= 0.3 is 0 Å². The number of hydrogen-bond donors (Lipinski definition) is 0. The summed E-state index contributed by atoms with van der Waals surface area (Å²) in [5.74, 6) is 3.17. The van der Waals surface area contributed by atoms with E-state index < -0.39 is 0 Å². The molecule has 0 aliphatic carbocycles. The molecule has 0 saturated carbocycles. The molecule has 7 nitrogen and oxygen atoms in total. The van der Waals surface area contributed by atoms with E-state index in [1.807, 2.05) is 29.2 Å². The fourth-order valence-electron chi connectivity index (χ4n) is 4.83. The first-order valence-electron chi connectivity index (χ1n) is 11.1. The fourth-order valence-corrected chi connectivity index (χ4v) is 4.83. The Bertz CT molecular complexity index is 977. The largest absolute Gasteiger partial charge is 0.497 e. The van der Waals surface area contributed by atoms with Crippen molar-refractivity contribution in [3.63, 3.8) is 0 Å². The summed E-state index contributed by atoms with van der Waals surface area (Å²) in [5, 5.41) is 0. The van der Waals surface area contributed by atoms with E-state index in [1.54, 1.807) is 28.4 Å². The van der Waals surface area contributed by atoms with E-state index in [-0.39, 0.29) is 11.9 Å². The standard InChI is InChI=1S/C25H32N2O5/c1-29-19-7-8-20(22(14-19)30-2)21-6-5-10-26(21)16-25(28)27-11-9-17-12-23(31-3)24(32-4)13-18(17)15-27/h7-8,12-14,21H,5-6,9-11,15-16H2,1-4H3/t21-/m1/s1. The zero-order chi connectivity index (χ0) is 22.7. The molecule has 2 aliphatic heterocycles. The van der Waals surface area contributed by atoms with Crippen LogP contribution in [0.4, 0.5) is 0 Å². The van der Waals surface area contributed by atoms with Gasteiger partial charge in [0.15, 0.2) is 11.5 Å². The highest BCUT2D eigenvalue weighted by Crippen LogP contribution is 2.39. The van der Waals surface area contributed by atoms with Gasteiger partial charge in [-0.15, -0.1) is 0 Å². The molecule has 2 aromatic rings. The highest BCUT2D eigenvalue weighted by atomic mass is 16.5. The van der Waals surface area contributed by atoms with E-state index in [9.17, 15) is 4.79 Å². The van der Waals surface area contributed by atoms with Crippen LogP contribution in [0.25, 0.3) is 0 Å². The highest BCUT2D eigenvalue weighted by Gasteiger charge is 2.32. The quantitative estimate of drug-likeness (QED) is 0.657. The predicted octanol–water partition coefficient (Wildman–Crippen LogP) is 3.44. The lowest BCUT2D eigenvalue weighted by Crippen LogP contribution is -2.42. The minimum Gasteiger partial charge on any atom is -0.497 e. The molecule has 2 aromatic carbocycles. The van der Waals surface area contributed by atoms with Crippen molar-refractivity contribution in [2.45, 2.75) is 31.8 Å². The average molecular weight is 441 g/mol. The minimum atomic E-state index is 0.157. The lowest BCUT2D eigenvalue weighted by Gasteiger charge is -2.32. The van der Waals surface area contributed by atoms with E-state index in [1.165, 1.54) is 5.56 Å². The molecule has 0 unspecified atom stereocenters. The molecule has 0 bridgehead atoms. The summed E-state index contributed by atoms with van der Waals surface area (Å²) in [5.41, 5.74) is 3.45. The third kappa shape index (κ3) is 4.35. The molecule has 2 aliphatic rings. The predicted molar refractivity (Wildman–Crippen MR) is 122 cm³/mol. The van der Waals surface area contributed by atoms with E-state index >= 15 is 0 Å². The van der Waals surface area contributed by atoms with E-state index in [2.05, 4.69) is 11.0 Å². The third-order valence-electron chi connectivity index (χ3n) is 6.57. The molecule has 7 heteroatoms. The average Bonchev–Trinajstić information content (AvgIpc) is 3.29. The maximum absolute atomic E-state index is 13.3. The fraction of sp³-hybridized carbons (Fsp3) is 0.480. The van der Waals surface area contributed by atoms with Crippen LogP contribution in [-0.2, 0) is 17.8 Å². The second kappa shape index (κ2) is 9.69. The number of amides is 1. The Morgan fingerprint density at radius 1 is 0.906 bits per heavy atom. The Labute approximate surface area is 189 Å². The van der Waals surface area contributed by atoms with Gasteiger partial charge in [-0.25, -0.2) is 0 Å². The van der Waals surface area contributed by atoms with Crippen molar-refractivity contribution in [3.05, 3.63) is 47.0 Å². The first-order chi connectivity index (χ1) is 15.6. The van der Waals surface area contributed by atoms with Crippen LogP contribution >= 0.6 is 0 Å². The first-order valence-corrected chi connectivity index (χ1v) is 11.1. The van der Waals surface area contributed by atoms with Crippen molar-refractivity contribution in [1.82, 2.24) is 9.80 Å². The van der Waals surface area contributed by atoms with E-state index in [0.29, 0.717) is 25.4 Å². The number of ether oxygens (including phenoxy) is 4. The molecule has 2 heterocycles. The number of carbonyl (C=O) groups is 1. The summed E-state index contributed by atoms with van der Waals surface area (Å²) >= 11 is 0. The van der Waals surface area contributed by atoms with Crippen LogP contribution in [0.1, 0.15) is 35.6 Å². The highest BCUT2D eigenvalue weighted by molar-refractivity contribution is 5.79. The molecule has 0 aromatic heterocycles. The van der Waals surface area contributed by atoms with Gasteiger partial charge in [-0.3, -0.25) is 9.69 Å². The van der Waals surface area contributed by atoms with Gasteiger partial charge in [0.25, 0.3) is 0 Å². The Hall–Kier alpha value is -2.93. The Morgan fingerprint density at radius 3 is 2.31 bits per heavy atom. The van der Waals surface area contributed by atoms with Crippen molar-refractivity contribution in [1.29, 1.82) is 0 Å². The molecule has 32 heavy (non-hydrogen) atoms. The van der Waals surface area contributed by atoms with Crippen molar-refractivity contribution in [2.75, 3.05) is 48.1 Å². The topological polar surface area (TPSA) is 60.5 Å². The molecule has 1 atom stereocenters. The number of benzene rings is 2. The lowest BCUT2D eigenvalue weighted by molar-refractivity contribution is -0.133. The first kappa shape index (κ1) is 22.3.